The van der Waals surface area contributed by atoms with Gasteiger partial charge in [-0.15, -0.1) is 0 Å². The van der Waals surface area contributed by atoms with Crippen LogP contribution in [0.1, 0.15) is 88.6 Å². The van der Waals surface area contributed by atoms with Crippen molar-refractivity contribution in [3.63, 3.8) is 0 Å². The Labute approximate surface area is 366 Å². The van der Waals surface area contributed by atoms with E-state index < -0.39 is 0 Å². The fourth-order valence-electron chi connectivity index (χ4n) is 8.00. The Morgan fingerprint density at radius 2 is 1.30 bits per heavy atom. The minimum absolute atomic E-state index is 0.0399. The van der Waals surface area contributed by atoms with E-state index in [4.69, 9.17) is 4.74 Å². The monoisotopic (exact) mass is 799 g/mol. The average Bonchev–Trinajstić information content (AvgIpc) is 3.32. The highest BCUT2D eigenvalue weighted by Gasteiger charge is 2.21. The summed E-state index contributed by atoms with van der Waals surface area (Å²) in [6, 6.07) is 50.8. The molecule has 61 heavy (non-hydrogen) atoms. The van der Waals surface area contributed by atoms with Gasteiger partial charge in [0.25, 0.3) is 0 Å². The van der Waals surface area contributed by atoms with Crippen LogP contribution in [-0.4, -0.2) is 6.61 Å². The largest absolute Gasteiger partial charge is 0.489 e. The van der Waals surface area contributed by atoms with E-state index in [1.807, 2.05) is 6.92 Å². The molecule has 0 fully saturated rings. The van der Waals surface area contributed by atoms with Gasteiger partial charge >= 0.3 is 0 Å². The Morgan fingerprint density at radius 1 is 0.705 bits per heavy atom. The summed E-state index contributed by atoms with van der Waals surface area (Å²) in [4.78, 5) is 2.38. The van der Waals surface area contributed by atoms with Crippen molar-refractivity contribution in [2.24, 2.45) is 5.41 Å². The Morgan fingerprint density at radius 3 is 1.87 bits per heavy atom. The Hall–Kier alpha value is -6.38. The number of aryl methyl sites for hydroxylation is 1. The van der Waals surface area contributed by atoms with Gasteiger partial charge in [-0.2, -0.15) is 0 Å². The fraction of sp³-hybridized carbons (Fsp3) is 0.220. The Kier molecular flexibility index (Phi) is 12.7. The number of hydrogen-bond acceptors (Lipinski definition) is 2. The van der Waals surface area contributed by atoms with Crippen LogP contribution in [0.2, 0.25) is 0 Å². The molecule has 0 aliphatic carbocycles. The molecular formula is C59H61NO. The van der Waals surface area contributed by atoms with Crippen molar-refractivity contribution in [3.8, 4) is 28.0 Å². The van der Waals surface area contributed by atoms with Crippen molar-refractivity contribution in [2.45, 2.75) is 73.1 Å². The second-order valence-corrected chi connectivity index (χ2v) is 18.6. The lowest BCUT2D eigenvalue weighted by atomic mass is 9.85. The molecule has 1 aliphatic rings. The quantitative estimate of drug-likeness (QED) is 0.107. The number of ether oxygens (including phenoxy) is 1. The van der Waals surface area contributed by atoms with E-state index >= 15 is 0 Å². The highest BCUT2D eigenvalue weighted by Crippen LogP contribution is 2.41. The minimum Gasteiger partial charge on any atom is -0.489 e. The van der Waals surface area contributed by atoms with Crippen LogP contribution in [-0.2, 0) is 5.41 Å². The molecule has 2 heteroatoms. The lowest BCUT2D eigenvalue weighted by molar-refractivity contribution is 0.362. The standard InChI is InChI=1S/C59H61NO/c1-41(2)37-51(58(5,6)7)28-20-44-18-21-46(22-19-44)47-23-30-53(31-24-47)60(56-34-29-52(39-43(56)4)59(8,9)10)54-32-25-48(26-33-54)50-27-35-57-55(40-50)42(3)38-49(17-14-36-61-57)45-15-12-11-13-16-45/h11-35,37,39-40,49H,1,3,36,38H2,2,4-10H3/b17-14-,28-20-,51-37+. The SMILES string of the molecule is C=C(C)/C=C(\C=C/c1ccc(-c2ccc(N(c3ccc(-c4ccc5c(c4)C(=C)CC(c4ccccc4)/C=C\CO5)cc3)c3ccc(C(C)(C)C)cc3C)cc2)cc1)C(C)(C)C. The zero-order valence-electron chi connectivity index (χ0n) is 37.4. The van der Waals surface area contributed by atoms with Crippen LogP contribution in [0.4, 0.5) is 17.1 Å². The van der Waals surface area contributed by atoms with Crippen LogP contribution in [0.25, 0.3) is 33.9 Å². The van der Waals surface area contributed by atoms with E-state index in [2.05, 4.69) is 236 Å². The molecule has 6 aromatic carbocycles. The van der Waals surface area contributed by atoms with Crippen LogP contribution < -0.4 is 9.64 Å². The first-order valence-electron chi connectivity index (χ1n) is 21.6. The van der Waals surface area contributed by atoms with Gasteiger partial charge in [-0.05, 0) is 129 Å². The van der Waals surface area contributed by atoms with E-state index in [1.54, 1.807) is 0 Å². The van der Waals surface area contributed by atoms with Crippen LogP contribution in [0, 0.1) is 12.3 Å². The Bertz CT molecular complexity index is 2590. The Balaban J connectivity index is 1.18. The summed E-state index contributed by atoms with van der Waals surface area (Å²) in [6.45, 7) is 27.0. The lowest BCUT2D eigenvalue weighted by Crippen LogP contribution is -2.14. The molecule has 0 bridgehead atoms. The molecule has 0 spiro atoms. The van der Waals surface area contributed by atoms with Gasteiger partial charge in [-0.3, -0.25) is 0 Å². The lowest BCUT2D eigenvalue weighted by Gasteiger charge is -2.29. The van der Waals surface area contributed by atoms with E-state index in [9.17, 15) is 0 Å². The number of allylic oxidation sites excluding steroid dienone is 6. The van der Waals surface area contributed by atoms with Crippen LogP contribution >= 0.6 is 0 Å². The number of fused-ring (bicyclic) bond motifs is 1. The highest BCUT2D eigenvalue weighted by molar-refractivity contribution is 5.82. The summed E-state index contributed by atoms with van der Waals surface area (Å²) in [5.74, 6) is 1.12. The molecule has 1 aliphatic heterocycles. The molecule has 0 saturated heterocycles. The van der Waals surface area contributed by atoms with Gasteiger partial charge in [0.05, 0.1) is 0 Å². The van der Waals surface area contributed by atoms with Crippen molar-refractivity contribution in [3.05, 3.63) is 216 Å². The average molecular weight is 800 g/mol. The molecule has 0 radical (unpaired) electrons. The molecule has 0 saturated carbocycles. The molecule has 1 heterocycles. The number of rotatable bonds is 9. The van der Waals surface area contributed by atoms with Crippen molar-refractivity contribution in [2.75, 3.05) is 11.5 Å². The van der Waals surface area contributed by atoms with Gasteiger partial charge in [0.1, 0.15) is 12.4 Å². The zero-order chi connectivity index (χ0) is 43.3. The van der Waals surface area contributed by atoms with Gasteiger partial charge < -0.3 is 9.64 Å². The van der Waals surface area contributed by atoms with Gasteiger partial charge in [0.2, 0.25) is 0 Å². The van der Waals surface area contributed by atoms with Crippen molar-refractivity contribution in [1.29, 1.82) is 0 Å². The summed E-state index contributed by atoms with van der Waals surface area (Å²) in [6.07, 6.45) is 11.8. The summed E-state index contributed by atoms with van der Waals surface area (Å²) >= 11 is 0. The zero-order valence-corrected chi connectivity index (χ0v) is 37.4. The number of benzene rings is 6. The van der Waals surface area contributed by atoms with E-state index in [0.29, 0.717) is 6.61 Å². The van der Waals surface area contributed by atoms with Gasteiger partial charge in [0.15, 0.2) is 0 Å². The van der Waals surface area contributed by atoms with Gasteiger partial charge in [-0.1, -0.05) is 188 Å². The van der Waals surface area contributed by atoms with Crippen molar-refractivity contribution < 1.29 is 4.74 Å². The van der Waals surface area contributed by atoms with Crippen LogP contribution in [0.15, 0.2) is 188 Å². The number of hydrogen-bond donors (Lipinski definition) is 0. The molecule has 0 N–H and O–H groups in total. The van der Waals surface area contributed by atoms with Gasteiger partial charge in [0, 0.05) is 28.5 Å². The van der Waals surface area contributed by atoms with E-state index in [0.717, 1.165) is 57.1 Å². The third-order valence-electron chi connectivity index (χ3n) is 11.6. The molecule has 0 aromatic heterocycles. The maximum absolute atomic E-state index is 6.26. The topological polar surface area (TPSA) is 12.5 Å². The maximum Gasteiger partial charge on any atom is 0.127 e. The summed E-state index contributed by atoms with van der Waals surface area (Å²) in [5.41, 5.74) is 17.6. The first-order valence-corrected chi connectivity index (χ1v) is 21.6. The number of nitrogens with zero attached hydrogens (tertiary/aromatic N) is 1. The molecule has 2 nitrogen and oxygen atoms in total. The summed E-state index contributed by atoms with van der Waals surface area (Å²) < 4.78 is 6.26. The predicted molar refractivity (Wildman–Crippen MR) is 264 cm³/mol. The van der Waals surface area contributed by atoms with E-state index in [1.165, 1.54) is 39.0 Å². The normalized spacial score (nSPS) is 15.3. The second kappa shape index (κ2) is 18.1. The predicted octanol–water partition coefficient (Wildman–Crippen LogP) is 16.8. The first kappa shape index (κ1) is 42.7. The van der Waals surface area contributed by atoms with E-state index in [-0.39, 0.29) is 16.7 Å². The molecular weight excluding hydrogens is 739 g/mol. The first-order chi connectivity index (χ1) is 29.1. The fourth-order valence-corrected chi connectivity index (χ4v) is 8.00. The molecule has 7 rings (SSSR count). The highest BCUT2D eigenvalue weighted by atomic mass is 16.5. The molecule has 1 atom stereocenters. The molecule has 308 valence electrons. The van der Waals surface area contributed by atoms with Crippen molar-refractivity contribution >= 4 is 28.7 Å². The maximum atomic E-state index is 6.26. The second-order valence-electron chi connectivity index (χ2n) is 18.6. The third kappa shape index (κ3) is 10.3. The smallest absolute Gasteiger partial charge is 0.127 e. The number of anilines is 3. The van der Waals surface area contributed by atoms with Gasteiger partial charge in [-0.25, -0.2) is 0 Å². The van der Waals surface area contributed by atoms with Crippen LogP contribution in [0.5, 0.6) is 5.75 Å². The molecule has 1 unspecified atom stereocenters. The van der Waals surface area contributed by atoms with Crippen molar-refractivity contribution in [1.82, 2.24) is 0 Å². The third-order valence-corrected chi connectivity index (χ3v) is 11.6. The summed E-state index contributed by atoms with van der Waals surface area (Å²) in [5, 5.41) is 0. The summed E-state index contributed by atoms with van der Waals surface area (Å²) in [7, 11) is 0. The molecule has 0 amide bonds. The minimum atomic E-state index is 0.0399. The molecule has 6 aromatic rings. The van der Waals surface area contributed by atoms with Crippen LogP contribution in [0.3, 0.4) is 0 Å².